The Bertz CT molecular complexity index is 1030. The van der Waals surface area contributed by atoms with Gasteiger partial charge in [-0.25, -0.2) is 9.69 Å². The largest absolute Gasteiger partial charge is 0.491 e. The van der Waals surface area contributed by atoms with E-state index < -0.39 is 29.9 Å². The van der Waals surface area contributed by atoms with Gasteiger partial charge in [0.25, 0.3) is 5.91 Å². The van der Waals surface area contributed by atoms with Crippen LogP contribution in [-0.4, -0.2) is 47.1 Å². The molecule has 0 saturated carbocycles. The highest BCUT2D eigenvalue weighted by atomic mass is 35.5. The lowest BCUT2D eigenvalue weighted by Crippen LogP contribution is -2.51. The normalized spacial score (nSPS) is 16.7. The molecule has 1 aliphatic rings. The number of aliphatic hydroxyl groups excluding tert-OH is 1. The van der Waals surface area contributed by atoms with Crippen molar-refractivity contribution in [3.8, 4) is 5.75 Å². The Morgan fingerprint density at radius 1 is 1.20 bits per heavy atom. The third kappa shape index (κ3) is 6.74. The summed E-state index contributed by atoms with van der Waals surface area (Å²) < 4.78 is 5.33. The molecule has 0 bridgehead atoms. The van der Waals surface area contributed by atoms with Gasteiger partial charge in [0.05, 0.1) is 17.3 Å². The van der Waals surface area contributed by atoms with Gasteiger partial charge in [-0.05, 0) is 48.2 Å². The molecule has 0 aliphatic carbocycles. The number of rotatable bonds is 9. The van der Waals surface area contributed by atoms with Crippen LogP contribution in [0.1, 0.15) is 51.3 Å². The topological polar surface area (TPSA) is 108 Å². The summed E-state index contributed by atoms with van der Waals surface area (Å²) in [5.74, 6) is -0.725. The summed E-state index contributed by atoms with van der Waals surface area (Å²) in [6, 6.07) is 9.36. The van der Waals surface area contributed by atoms with Crippen LogP contribution in [0.15, 0.2) is 42.5 Å². The second-order valence-corrected chi connectivity index (χ2v) is 8.44. The van der Waals surface area contributed by atoms with E-state index in [0.29, 0.717) is 28.4 Å². The molecule has 4 amide bonds. The molecule has 1 saturated heterocycles. The fraction of sp³-hybridized carbons (Fsp3) is 0.423. The fourth-order valence-corrected chi connectivity index (χ4v) is 3.97. The minimum Gasteiger partial charge on any atom is -0.491 e. The summed E-state index contributed by atoms with van der Waals surface area (Å²) in [6.07, 6.45) is 0.582. The Morgan fingerprint density at radius 2 is 1.86 bits per heavy atom. The number of nitrogens with one attached hydrogen (secondary N) is 2. The third-order valence-corrected chi connectivity index (χ3v) is 5.97. The number of imide groups is 1. The zero-order valence-corrected chi connectivity index (χ0v) is 21.6. The van der Waals surface area contributed by atoms with E-state index in [2.05, 4.69) is 10.6 Å². The van der Waals surface area contributed by atoms with Crippen LogP contribution in [0.5, 0.6) is 5.75 Å². The number of ether oxygens (including phenoxy) is 1. The summed E-state index contributed by atoms with van der Waals surface area (Å²) in [4.78, 5) is 40.4. The van der Waals surface area contributed by atoms with Crippen molar-refractivity contribution in [2.75, 3.05) is 18.5 Å². The molecule has 9 heteroatoms. The Balaban J connectivity index is 0.00000210. The van der Waals surface area contributed by atoms with E-state index in [1.165, 1.54) is 0 Å². The van der Waals surface area contributed by atoms with Crippen molar-refractivity contribution in [1.82, 2.24) is 10.2 Å². The minimum absolute atomic E-state index is 0.110. The summed E-state index contributed by atoms with van der Waals surface area (Å²) >= 11 is 6.26. The Labute approximate surface area is 211 Å². The minimum atomic E-state index is -1.00. The zero-order chi connectivity index (χ0) is 26.1. The molecule has 3 atom stereocenters. The highest BCUT2D eigenvalue weighted by molar-refractivity contribution is 6.33. The first kappa shape index (κ1) is 28.1. The van der Waals surface area contributed by atoms with Gasteiger partial charge in [0.2, 0.25) is 5.91 Å². The van der Waals surface area contributed by atoms with Crippen LogP contribution in [-0.2, 0) is 9.59 Å². The number of carbonyl (C=O) groups excluding carboxylic acids is 3. The number of halogens is 1. The number of nitrogens with zero attached hydrogens (tertiary/aromatic N) is 1. The number of urea groups is 1. The molecule has 1 aliphatic heterocycles. The lowest BCUT2D eigenvalue weighted by atomic mass is 9.96. The van der Waals surface area contributed by atoms with Crippen LogP contribution in [0, 0.1) is 12.8 Å². The van der Waals surface area contributed by atoms with Crippen LogP contribution in [0.25, 0.3) is 0 Å². The number of benzene rings is 2. The van der Waals surface area contributed by atoms with Gasteiger partial charge < -0.3 is 20.5 Å². The smallest absolute Gasteiger partial charge is 0.325 e. The van der Waals surface area contributed by atoms with Gasteiger partial charge in [0, 0.05) is 0 Å². The van der Waals surface area contributed by atoms with E-state index in [1.54, 1.807) is 36.4 Å². The second-order valence-electron chi connectivity index (χ2n) is 8.03. The number of hydrogen-bond donors (Lipinski definition) is 3. The second kappa shape index (κ2) is 13.1. The molecule has 2 unspecified atom stereocenters. The number of anilines is 1. The van der Waals surface area contributed by atoms with Crippen LogP contribution in [0.3, 0.4) is 0 Å². The molecule has 2 aromatic carbocycles. The van der Waals surface area contributed by atoms with Crippen molar-refractivity contribution >= 4 is 35.1 Å². The molecule has 3 rings (SSSR count). The molecule has 1 heterocycles. The van der Waals surface area contributed by atoms with Crippen molar-refractivity contribution in [3.05, 3.63) is 58.6 Å². The van der Waals surface area contributed by atoms with E-state index in [-0.39, 0.29) is 19.1 Å². The monoisotopic (exact) mass is 503 g/mol. The van der Waals surface area contributed by atoms with E-state index in [9.17, 15) is 14.4 Å². The Kier molecular flexibility index (Phi) is 10.5. The van der Waals surface area contributed by atoms with Crippen molar-refractivity contribution in [3.63, 3.8) is 0 Å². The van der Waals surface area contributed by atoms with Crippen molar-refractivity contribution in [2.24, 2.45) is 5.92 Å². The fourth-order valence-electron chi connectivity index (χ4n) is 3.68. The third-order valence-electron chi connectivity index (χ3n) is 5.66. The van der Waals surface area contributed by atoms with E-state index >= 15 is 0 Å². The van der Waals surface area contributed by atoms with Crippen LogP contribution in [0.2, 0.25) is 5.02 Å². The molecule has 190 valence electrons. The summed E-state index contributed by atoms with van der Waals surface area (Å²) in [5, 5.41) is 14.7. The number of aliphatic hydroxyl groups is 1. The molecular weight excluding hydrogens is 470 g/mol. The first-order chi connectivity index (χ1) is 16.8. The molecule has 3 N–H and O–H groups in total. The number of amides is 4. The molecule has 0 aromatic heterocycles. The molecule has 1 fully saturated rings. The van der Waals surface area contributed by atoms with Crippen molar-refractivity contribution in [2.45, 2.75) is 53.1 Å². The maximum atomic E-state index is 13.3. The molecule has 35 heavy (non-hydrogen) atoms. The van der Waals surface area contributed by atoms with Crippen molar-refractivity contribution in [1.29, 1.82) is 0 Å². The predicted octanol–water partition coefficient (Wildman–Crippen LogP) is 4.69. The first-order valence-corrected chi connectivity index (χ1v) is 12.2. The van der Waals surface area contributed by atoms with Crippen LogP contribution < -0.4 is 15.4 Å². The summed E-state index contributed by atoms with van der Waals surface area (Å²) in [6.45, 7) is 9.65. The molecule has 8 nitrogen and oxygen atoms in total. The highest BCUT2D eigenvalue weighted by Gasteiger charge is 2.46. The Hall–Kier alpha value is -3.10. The van der Waals surface area contributed by atoms with Gasteiger partial charge in [-0.3, -0.25) is 9.59 Å². The van der Waals surface area contributed by atoms with E-state index in [0.717, 1.165) is 10.5 Å². The lowest BCUT2D eigenvalue weighted by Gasteiger charge is -2.29. The molecule has 0 radical (unpaired) electrons. The maximum absolute atomic E-state index is 13.3. The Morgan fingerprint density at radius 3 is 2.43 bits per heavy atom. The average molecular weight is 504 g/mol. The molecule has 0 spiro atoms. The van der Waals surface area contributed by atoms with Gasteiger partial charge in [0.1, 0.15) is 24.4 Å². The summed E-state index contributed by atoms with van der Waals surface area (Å²) in [7, 11) is 0. The van der Waals surface area contributed by atoms with Gasteiger partial charge in [-0.1, -0.05) is 63.9 Å². The summed E-state index contributed by atoms with van der Waals surface area (Å²) in [5.41, 5.74) is 1.93. The van der Waals surface area contributed by atoms with E-state index in [1.807, 2.05) is 40.7 Å². The molecular formula is C26H34ClN3O5. The van der Waals surface area contributed by atoms with E-state index in [4.69, 9.17) is 21.4 Å². The average Bonchev–Trinajstić information content (AvgIpc) is 3.15. The predicted molar refractivity (Wildman–Crippen MR) is 137 cm³/mol. The number of aryl methyl sites for hydroxylation is 1. The SMILES string of the molecule is CC.CCC(C)C(C(=O)Nc1ccc(C)cc1Cl)N1C(=O)N[C@H](c2ccc(OCCO)cc2)C1=O. The quantitative estimate of drug-likeness (QED) is 0.430. The zero-order valence-electron chi connectivity index (χ0n) is 20.8. The van der Waals surface area contributed by atoms with Crippen molar-refractivity contribution < 1.29 is 24.2 Å². The molecule has 2 aromatic rings. The lowest BCUT2D eigenvalue weighted by molar-refractivity contribution is -0.135. The maximum Gasteiger partial charge on any atom is 0.325 e. The van der Waals surface area contributed by atoms with Crippen LogP contribution >= 0.6 is 11.6 Å². The van der Waals surface area contributed by atoms with Gasteiger partial charge in [-0.15, -0.1) is 0 Å². The number of hydrogen-bond acceptors (Lipinski definition) is 5. The standard InChI is InChI=1S/C24H28ClN3O5.C2H6/c1-4-15(3)21(22(30)26-19-10-5-14(2)13-18(19)25)28-23(31)20(27-24(28)32)16-6-8-17(9-7-16)33-12-11-29;1-2/h5-10,13,15,20-21,29H,4,11-12H2,1-3H3,(H,26,30)(H,27,32);1-2H3/t15?,20-,21?;/m1./s1. The van der Waals surface area contributed by atoms with Gasteiger partial charge in [0.15, 0.2) is 0 Å². The highest BCUT2D eigenvalue weighted by Crippen LogP contribution is 2.30. The van der Waals surface area contributed by atoms with Gasteiger partial charge in [-0.2, -0.15) is 0 Å². The van der Waals surface area contributed by atoms with Crippen LogP contribution in [0.4, 0.5) is 10.5 Å². The van der Waals surface area contributed by atoms with Gasteiger partial charge >= 0.3 is 6.03 Å². The number of carbonyl (C=O) groups is 3. The first-order valence-electron chi connectivity index (χ1n) is 11.8.